The van der Waals surface area contributed by atoms with Crippen molar-refractivity contribution in [2.75, 3.05) is 18.4 Å². The summed E-state index contributed by atoms with van der Waals surface area (Å²) in [5, 5.41) is 8.07. The lowest BCUT2D eigenvalue weighted by Crippen LogP contribution is -2.29. The van der Waals surface area contributed by atoms with Crippen molar-refractivity contribution in [1.82, 2.24) is 14.6 Å². The number of amides is 1. The SMILES string of the molecule is O=C(NCc1ccccn1)c1cc(NCc2cccs2)cc(S(=O)(=O)N2CCCC2)c1. The molecule has 0 bridgehead atoms. The van der Waals surface area contributed by atoms with Gasteiger partial charge in [-0.1, -0.05) is 12.1 Å². The normalized spacial score (nSPS) is 14.5. The number of pyridine rings is 1. The predicted molar refractivity (Wildman–Crippen MR) is 121 cm³/mol. The third-order valence-electron chi connectivity index (χ3n) is 5.07. The van der Waals surface area contributed by atoms with Gasteiger partial charge in [-0.15, -0.1) is 11.3 Å². The van der Waals surface area contributed by atoms with Gasteiger partial charge < -0.3 is 10.6 Å². The first-order chi connectivity index (χ1) is 15.0. The highest BCUT2D eigenvalue weighted by Crippen LogP contribution is 2.26. The largest absolute Gasteiger partial charge is 0.380 e. The first kappa shape index (κ1) is 21.5. The summed E-state index contributed by atoms with van der Waals surface area (Å²) in [7, 11) is -3.65. The minimum atomic E-state index is -3.65. The molecule has 0 aliphatic carbocycles. The van der Waals surface area contributed by atoms with Gasteiger partial charge in [-0.05, 0) is 54.6 Å². The molecular weight excluding hydrogens is 432 g/mol. The third-order valence-corrected chi connectivity index (χ3v) is 7.83. The number of nitrogens with one attached hydrogen (secondary N) is 2. The molecule has 31 heavy (non-hydrogen) atoms. The summed E-state index contributed by atoms with van der Waals surface area (Å²) in [6, 6.07) is 14.2. The summed E-state index contributed by atoms with van der Waals surface area (Å²) in [4.78, 5) is 18.3. The van der Waals surface area contributed by atoms with Crippen LogP contribution in [0.15, 0.2) is 65.0 Å². The summed E-state index contributed by atoms with van der Waals surface area (Å²) in [5.74, 6) is -0.344. The van der Waals surface area contributed by atoms with Crippen LogP contribution in [0.2, 0.25) is 0 Å². The second kappa shape index (κ2) is 9.59. The van der Waals surface area contributed by atoms with Gasteiger partial charge in [-0.25, -0.2) is 8.42 Å². The quantitative estimate of drug-likeness (QED) is 0.542. The molecule has 2 aromatic heterocycles. The summed E-state index contributed by atoms with van der Waals surface area (Å²) >= 11 is 1.61. The Kier molecular flexibility index (Phi) is 6.64. The number of aromatic nitrogens is 1. The zero-order chi connectivity index (χ0) is 21.7. The highest BCUT2D eigenvalue weighted by Gasteiger charge is 2.28. The minimum absolute atomic E-state index is 0.133. The molecule has 1 fully saturated rings. The van der Waals surface area contributed by atoms with E-state index in [1.165, 1.54) is 10.4 Å². The lowest BCUT2D eigenvalue weighted by atomic mass is 10.2. The van der Waals surface area contributed by atoms with E-state index in [0.29, 0.717) is 30.9 Å². The summed E-state index contributed by atoms with van der Waals surface area (Å²) in [6.07, 6.45) is 3.37. The molecule has 0 spiro atoms. The van der Waals surface area contributed by atoms with E-state index < -0.39 is 10.0 Å². The van der Waals surface area contributed by atoms with Gasteiger partial charge in [-0.2, -0.15) is 4.31 Å². The van der Waals surface area contributed by atoms with Crippen LogP contribution in [0, 0.1) is 0 Å². The molecule has 4 rings (SSSR count). The molecule has 3 aromatic rings. The number of thiophene rings is 1. The van der Waals surface area contributed by atoms with E-state index in [4.69, 9.17) is 0 Å². The van der Waals surface area contributed by atoms with Crippen molar-refractivity contribution in [3.8, 4) is 0 Å². The van der Waals surface area contributed by atoms with Gasteiger partial charge in [0.05, 0.1) is 17.1 Å². The summed E-state index contributed by atoms with van der Waals surface area (Å²) in [6.45, 7) is 1.84. The molecule has 0 saturated carbocycles. The molecule has 7 nitrogen and oxygen atoms in total. The van der Waals surface area contributed by atoms with Crippen LogP contribution in [-0.2, 0) is 23.1 Å². The Morgan fingerprint density at radius 1 is 1.06 bits per heavy atom. The van der Waals surface area contributed by atoms with Crippen LogP contribution in [-0.4, -0.2) is 36.7 Å². The molecule has 2 N–H and O–H groups in total. The van der Waals surface area contributed by atoms with Crippen LogP contribution in [0.4, 0.5) is 5.69 Å². The van der Waals surface area contributed by atoms with E-state index in [1.807, 2.05) is 35.7 Å². The fourth-order valence-electron chi connectivity index (χ4n) is 3.44. The molecule has 3 heterocycles. The molecule has 9 heteroatoms. The van der Waals surface area contributed by atoms with E-state index in [-0.39, 0.29) is 17.3 Å². The van der Waals surface area contributed by atoms with Crippen LogP contribution < -0.4 is 10.6 Å². The Hall–Kier alpha value is -2.75. The number of anilines is 1. The fourth-order valence-corrected chi connectivity index (χ4v) is 5.67. The third kappa shape index (κ3) is 5.30. The standard InChI is InChI=1S/C22H24N4O3S2/c27-22(25-15-18-6-1-2-8-23-18)17-12-19(24-16-20-7-5-11-30-20)14-21(13-17)31(28,29)26-9-3-4-10-26/h1-2,5-8,11-14,24H,3-4,9-10,15-16H2,(H,25,27). The lowest BCUT2D eigenvalue weighted by molar-refractivity contribution is 0.0950. The smallest absolute Gasteiger partial charge is 0.251 e. The van der Waals surface area contributed by atoms with E-state index in [1.54, 1.807) is 29.7 Å². The average Bonchev–Trinajstić information content (AvgIpc) is 3.51. The second-order valence-electron chi connectivity index (χ2n) is 7.29. The molecule has 1 aromatic carbocycles. The van der Waals surface area contributed by atoms with Crippen LogP contribution >= 0.6 is 11.3 Å². The van der Waals surface area contributed by atoms with Gasteiger partial charge in [0.15, 0.2) is 0 Å². The number of rotatable bonds is 8. The molecule has 0 radical (unpaired) electrons. The van der Waals surface area contributed by atoms with E-state index >= 15 is 0 Å². The van der Waals surface area contributed by atoms with Crippen LogP contribution in [0.5, 0.6) is 0 Å². The number of hydrogen-bond acceptors (Lipinski definition) is 6. The molecule has 1 amide bonds. The molecule has 0 unspecified atom stereocenters. The maximum absolute atomic E-state index is 13.1. The Balaban J connectivity index is 1.59. The zero-order valence-corrected chi connectivity index (χ0v) is 18.6. The van der Waals surface area contributed by atoms with Crippen molar-refractivity contribution in [2.24, 2.45) is 0 Å². The fraction of sp³-hybridized carbons (Fsp3) is 0.273. The summed E-state index contributed by atoms with van der Waals surface area (Å²) in [5.41, 5.74) is 1.62. The number of hydrogen-bond donors (Lipinski definition) is 2. The van der Waals surface area contributed by atoms with Gasteiger partial charge in [0.25, 0.3) is 5.91 Å². The van der Waals surface area contributed by atoms with Gasteiger partial charge in [-0.3, -0.25) is 9.78 Å². The van der Waals surface area contributed by atoms with Crippen molar-refractivity contribution >= 4 is 33.0 Å². The van der Waals surface area contributed by atoms with E-state index in [9.17, 15) is 13.2 Å². The van der Waals surface area contributed by atoms with E-state index in [2.05, 4.69) is 15.6 Å². The molecule has 1 saturated heterocycles. The predicted octanol–water partition coefficient (Wildman–Crippen LogP) is 3.47. The minimum Gasteiger partial charge on any atom is -0.380 e. The maximum Gasteiger partial charge on any atom is 0.251 e. The van der Waals surface area contributed by atoms with Crippen molar-refractivity contribution in [3.63, 3.8) is 0 Å². The number of sulfonamides is 1. The summed E-state index contributed by atoms with van der Waals surface area (Å²) < 4.78 is 27.8. The molecule has 0 atom stereocenters. The highest BCUT2D eigenvalue weighted by atomic mass is 32.2. The van der Waals surface area contributed by atoms with Crippen LogP contribution in [0.25, 0.3) is 0 Å². The van der Waals surface area contributed by atoms with Crippen molar-refractivity contribution in [2.45, 2.75) is 30.8 Å². The van der Waals surface area contributed by atoms with E-state index in [0.717, 1.165) is 23.4 Å². The van der Waals surface area contributed by atoms with Crippen molar-refractivity contribution < 1.29 is 13.2 Å². The number of carbonyl (C=O) groups is 1. The Bertz CT molecular complexity index is 1130. The Morgan fingerprint density at radius 2 is 1.90 bits per heavy atom. The highest BCUT2D eigenvalue weighted by molar-refractivity contribution is 7.89. The van der Waals surface area contributed by atoms with Crippen molar-refractivity contribution in [1.29, 1.82) is 0 Å². The Labute approximate surface area is 186 Å². The zero-order valence-electron chi connectivity index (χ0n) is 17.0. The molecule has 1 aliphatic rings. The molecular formula is C22H24N4O3S2. The number of nitrogens with zero attached hydrogens (tertiary/aromatic N) is 2. The Morgan fingerprint density at radius 3 is 2.61 bits per heavy atom. The topological polar surface area (TPSA) is 91.4 Å². The van der Waals surface area contributed by atoms with Gasteiger partial charge in [0.2, 0.25) is 10.0 Å². The first-order valence-electron chi connectivity index (χ1n) is 10.1. The van der Waals surface area contributed by atoms with Crippen LogP contribution in [0.3, 0.4) is 0 Å². The van der Waals surface area contributed by atoms with Gasteiger partial charge >= 0.3 is 0 Å². The monoisotopic (exact) mass is 456 g/mol. The number of benzene rings is 1. The molecule has 1 aliphatic heterocycles. The van der Waals surface area contributed by atoms with Crippen molar-refractivity contribution in [3.05, 3.63) is 76.2 Å². The first-order valence-corrected chi connectivity index (χ1v) is 12.4. The second-order valence-corrected chi connectivity index (χ2v) is 10.3. The lowest BCUT2D eigenvalue weighted by Gasteiger charge is -2.17. The van der Waals surface area contributed by atoms with Crippen LogP contribution in [0.1, 0.15) is 33.8 Å². The molecule has 162 valence electrons. The van der Waals surface area contributed by atoms with Gasteiger partial charge in [0, 0.05) is 42.0 Å². The van der Waals surface area contributed by atoms with Gasteiger partial charge in [0.1, 0.15) is 0 Å². The average molecular weight is 457 g/mol. The number of carbonyl (C=O) groups excluding carboxylic acids is 1. The maximum atomic E-state index is 13.1.